The second-order valence-electron chi connectivity index (χ2n) is 4.53. The van der Waals surface area contributed by atoms with E-state index in [2.05, 4.69) is 15.9 Å². The van der Waals surface area contributed by atoms with Gasteiger partial charge >= 0.3 is 5.97 Å². The van der Waals surface area contributed by atoms with Crippen LogP contribution in [0.1, 0.15) is 16.8 Å². The molecule has 0 radical (unpaired) electrons. The minimum Gasteiger partial charge on any atom is -0.480 e. The van der Waals surface area contributed by atoms with Gasteiger partial charge in [-0.2, -0.15) is 0 Å². The van der Waals surface area contributed by atoms with E-state index in [0.29, 0.717) is 4.47 Å². The molecule has 5 nitrogen and oxygen atoms in total. The van der Waals surface area contributed by atoms with Crippen LogP contribution in [0.3, 0.4) is 0 Å². The molecule has 0 spiro atoms. The van der Waals surface area contributed by atoms with E-state index in [1.165, 1.54) is 24.1 Å². The van der Waals surface area contributed by atoms with Gasteiger partial charge in [-0.15, -0.1) is 0 Å². The lowest BCUT2D eigenvalue weighted by Crippen LogP contribution is -2.40. The Kier molecular flexibility index (Phi) is 4.39. The summed E-state index contributed by atoms with van der Waals surface area (Å²) in [5.41, 5.74) is 0.231. The molecule has 1 aliphatic heterocycles. The van der Waals surface area contributed by atoms with Crippen LogP contribution >= 0.6 is 15.9 Å². The minimum atomic E-state index is -1.07. The first-order valence-corrected chi connectivity index (χ1v) is 6.75. The molecule has 0 aliphatic carbocycles. The number of carboxylic acid groups (broad SMARTS) is 1. The van der Waals surface area contributed by atoms with Crippen molar-refractivity contribution in [3.05, 3.63) is 34.1 Å². The van der Waals surface area contributed by atoms with Crippen LogP contribution < -0.4 is 0 Å². The van der Waals surface area contributed by atoms with Crippen LogP contribution in [0.15, 0.2) is 22.7 Å². The fourth-order valence-corrected chi connectivity index (χ4v) is 2.76. The van der Waals surface area contributed by atoms with E-state index in [4.69, 9.17) is 4.74 Å². The van der Waals surface area contributed by atoms with Crippen molar-refractivity contribution in [2.24, 2.45) is 0 Å². The maximum absolute atomic E-state index is 13.0. The number of rotatable bonds is 3. The molecular formula is C13H13BrFNO4. The second kappa shape index (κ2) is 5.88. The van der Waals surface area contributed by atoms with Crippen molar-refractivity contribution in [2.45, 2.75) is 18.6 Å². The van der Waals surface area contributed by atoms with Crippen LogP contribution in [0.25, 0.3) is 0 Å². The molecule has 1 saturated heterocycles. The van der Waals surface area contributed by atoms with E-state index >= 15 is 0 Å². The first kappa shape index (κ1) is 14.9. The van der Waals surface area contributed by atoms with Crippen LogP contribution in [-0.2, 0) is 9.53 Å². The van der Waals surface area contributed by atoms with Crippen molar-refractivity contribution in [2.75, 3.05) is 13.7 Å². The van der Waals surface area contributed by atoms with Gasteiger partial charge in [-0.25, -0.2) is 9.18 Å². The number of nitrogens with zero attached hydrogens (tertiary/aromatic N) is 1. The quantitative estimate of drug-likeness (QED) is 0.908. The Bertz CT molecular complexity index is 551. The maximum Gasteiger partial charge on any atom is 0.326 e. The number of carbonyl (C=O) groups excluding carboxylic acids is 1. The number of carboxylic acids is 1. The van der Waals surface area contributed by atoms with Crippen molar-refractivity contribution in [1.82, 2.24) is 4.90 Å². The lowest BCUT2D eigenvalue weighted by Gasteiger charge is -2.21. The molecule has 1 aromatic rings. The SMILES string of the molecule is COC1CC(C(=O)O)N(C(=O)c2ccc(F)cc2Br)C1. The first-order valence-electron chi connectivity index (χ1n) is 5.95. The largest absolute Gasteiger partial charge is 0.480 e. The fraction of sp³-hybridized carbons (Fsp3) is 0.385. The predicted octanol–water partition coefficient (Wildman–Crippen LogP) is 1.90. The summed E-state index contributed by atoms with van der Waals surface area (Å²) >= 11 is 3.12. The predicted molar refractivity (Wildman–Crippen MR) is 72.0 cm³/mol. The summed E-state index contributed by atoms with van der Waals surface area (Å²) in [6, 6.07) is 2.75. The molecule has 1 aromatic carbocycles. The summed E-state index contributed by atoms with van der Waals surface area (Å²) in [5, 5.41) is 9.19. The number of ether oxygens (including phenoxy) is 1. The topological polar surface area (TPSA) is 66.8 Å². The summed E-state index contributed by atoms with van der Waals surface area (Å²) in [6.07, 6.45) is -0.0598. The molecule has 1 amide bonds. The van der Waals surface area contributed by atoms with Crippen LogP contribution in [0.4, 0.5) is 4.39 Å². The Labute approximate surface area is 123 Å². The first-order chi connectivity index (χ1) is 9.43. The van der Waals surface area contributed by atoms with E-state index in [1.807, 2.05) is 0 Å². The van der Waals surface area contributed by atoms with Crippen molar-refractivity contribution in [3.63, 3.8) is 0 Å². The van der Waals surface area contributed by atoms with Gasteiger partial charge in [-0.1, -0.05) is 0 Å². The summed E-state index contributed by atoms with van der Waals surface area (Å²) in [6.45, 7) is 0.204. The van der Waals surface area contributed by atoms with Crippen molar-refractivity contribution in [1.29, 1.82) is 0 Å². The number of halogens is 2. The molecule has 0 bridgehead atoms. The molecule has 2 atom stereocenters. The Morgan fingerprint density at radius 2 is 2.20 bits per heavy atom. The smallest absolute Gasteiger partial charge is 0.326 e. The highest BCUT2D eigenvalue weighted by Crippen LogP contribution is 2.26. The third kappa shape index (κ3) is 2.83. The minimum absolute atomic E-state index is 0.204. The Morgan fingerprint density at radius 1 is 1.50 bits per heavy atom. The number of hydrogen-bond donors (Lipinski definition) is 1. The number of benzene rings is 1. The van der Waals surface area contributed by atoms with Gasteiger partial charge in [0, 0.05) is 24.5 Å². The van der Waals surface area contributed by atoms with E-state index in [1.54, 1.807) is 0 Å². The van der Waals surface area contributed by atoms with Gasteiger partial charge in [-0.3, -0.25) is 4.79 Å². The van der Waals surface area contributed by atoms with Gasteiger partial charge in [-0.05, 0) is 34.1 Å². The van der Waals surface area contributed by atoms with Crippen LogP contribution in [0.2, 0.25) is 0 Å². The second-order valence-corrected chi connectivity index (χ2v) is 5.38. The van der Waals surface area contributed by atoms with Crippen molar-refractivity contribution >= 4 is 27.8 Å². The average Bonchev–Trinajstić information content (AvgIpc) is 2.82. The van der Waals surface area contributed by atoms with Crippen molar-refractivity contribution in [3.8, 4) is 0 Å². The summed E-state index contributed by atoms with van der Waals surface area (Å²) in [5.74, 6) is -2.00. The summed E-state index contributed by atoms with van der Waals surface area (Å²) in [7, 11) is 1.48. The van der Waals surface area contributed by atoms with Crippen LogP contribution in [-0.4, -0.2) is 47.7 Å². The molecule has 2 unspecified atom stereocenters. The molecule has 0 aromatic heterocycles. The number of amides is 1. The van der Waals surface area contributed by atoms with Gasteiger partial charge in [0.2, 0.25) is 0 Å². The lowest BCUT2D eigenvalue weighted by molar-refractivity contribution is -0.141. The molecule has 7 heteroatoms. The summed E-state index contributed by atoms with van der Waals surface area (Å²) in [4.78, 5) is 24.9. The van der Waals surface area contributed by atoms with Gasteiger partial charge in [0.15, 0.2) is 0 Å². The monoisotopic (exact) mass is 345 g/mol. The molecule has 2 rings (SSSR count). The van der Waals surface area contributed by atoms with Crippen LogP contribution in [0.5, 0.6) is 0 Å². The summed E-state index contributed by atoms with van der Waals surface area (Å²) < 4.78 is 18.5. The normalized spacial score (nSPS) is 22.1. The Balaban J connectivity index is 2.29. The molecule has 1 aliphatic rings. The van der Waals surface area contributed by atoms with Gasteiger partial charge in [0.1, 0.15) is 11.9 Å². The number of carbonyl (C=O) groups is 2. The molecule has 0 saturated carbocycles. The van der Waals surface area contributed by atoms with Gasteiger partial charge in [0.05, 0.1) is 11.7 Å². The third-order valence-corrected chi connectivity index (χ3v) is 3.96. The molecule has 1 N–H and O–H groups in total. The fourth-order valence-electron chi connectivity index (χ4n) is 2.24. The highest BCUT2D eigenvalue weighted by molar-refractivity contribution is 9.10. The van der Waals surface area contributed by atoms with E-state index in [0.717, 1.165) is 6.07 Å². The number of hydrogen-bond acceptors (Lipinski definition) is 3. The highest BCUT2D eigenvalue weighted by atomic mass is 79.9. The lowest BCUT2D eigenvalue weighted by atomic mass is 10.1. The zero-order chi connectivity index (χ0) is 14.9. The number of aliphatic carboxylic acids is 1. The van der Waals surface area contributed by atoms with E-state index in [9.17, 15) is 19.1 Å². The highest BCUT2D eigenvalue weighted by Gasteiger charge is 2.40. The standard InChI is InChI=1S/C13H13BrFNO4/c1-20-8-5-11(13(18)19)16(6-8)12(17)9-3-2-7(15)4-10(9)14/h2-4,8,11H,5-6H2,1H3,(H,18,19). The Hall–Kier alpha value is -1.47. The molecule has 108 valence electrons. The molecule has 1 heterocycles. The molecule has 20 heavy (non-hydrogen) atoms. The third-order valence-electron chi connectivity index (χ3n) is 3.30. The maximum atomic E-state index is 13.0. The van der Waals surface area contributed by atoms with Gasteiger partial charge < -0.3 is 14.7 Å². The zero-order valence-electron chi connectivity index (χ0n) is 10.7. The van der Waals surface area contributed by atoms with Crippen molar-refractivity contribution < 1.29 is 23.8 Å². The zero-order valence-corrected chi connectivity index (χ0v) is 12.3. The molecular weight excluding hydrogens is 333 g/mol. The average molecular weight is 346 g/mol. The van der Waals surface area contributed by atoms with Gasteiger partial charge in [0.25, 0.3) is 5.91 Å². The number of methoxy groups -OCH3 is 1. The molecule has 1 fully saturated rings. The number of likely N-dealkylation sites (tertiary alicyclic amines) is 1. The van der Waals surface area contributed by atoms with E-state index in [-0.39, 0.29) is 24.6 Å². The van der Waals surface area contributed by atoms with Crippen LogP contribution in [0, 0.1) is 5.82 Å². The Morgan fingerprint density at radius 3 is 2.75 bits per heavy atom. The van der Waals surface area contributed by atoms with E-state index < -0.39 is 23.7 Å².